The number of benzene rings is 2. The largest absolute Gasteiger partial charge is 0.382 e. The topological polar surface area (TPSA) is 103 Å². The second-order valence-corrected chi connectivity index (χ2v) is 7.60. The van der Waals surface area contributed by atoms with E-state index in [2.05, 4.69) is 15.3 Å². The van der Waals surface area contributed by atoms with Gasteiger partial charge in [-0.25, -0.2) is 15.0 Å². The van der Waals surface area contributed by atoms with Crippen molar-refractivity contribution in [3.63, 3.8) is 0 Å². The number of hydrogen-bond acceptors (Lipinski definition) is 8. The third kappa shape index (κ3) is 3.70. The number of halogens is 1. The first-order chi connectivity index (χ1) is 14.1. The molecule has 2 heterocycles. The Morgan fingerprint density at radius 3 is 2.72 bits per heavy atom. The Labute approximate surface area is 177 Å². The first-order valence-electron chi connectivity index (χ1n) is 8.76. The Balaban J connectivity index is 1.76. The number of nitrogen functional groups attached to an aromatic ring is 1. The third-order valence-electron chi connectivity index (χ3n) is 4.29. The van der Waals surface area contributed by atoms with Crippen LogP contribution in [0.1, 0.15) is 12.5 Å². The number of hydrogen-bond donors (Lipinski definition) is 2. The van der Waals surface area contributed by atoms with Crippen molar-refractivity contribution in [3.8, 4) is 6.07 Å². The van der Waals surface area contributed by atoms with Gasteiger partial charge in [0.25, 0.3) is 0 Å². The maximum Gasteiger partial charge on any atom is 0.150 e. The summed E-state index contributed by atoms with van der Waals surface area (Å²) in [4.78, 5) is 13.8. The molecule has 0 aliphatic carbocycles. The van der Waals surface area contributed by atoms with E-state index in [1.807, 2.05) is 65.8 Å². The van der Waals surface area contributed by atoms with Gasteiger partial charge in [0, 0.05) is 0 Å². The van der Waals surface area contributed by atoms with Crippen molar-refractivity contribution in [1.82, 2.24) is 9.97 Å². The van der Waals surface area contributed by atoms with Crippen LogP contribution < -0.4 is 15.4 Å². The molecular formula is C20H16ClN7S. The van der Waals surface area contributed by atoms with E-state index < -0.39 is 0 Å². The molecule has 4 rings (SSSR count). The van der Waals surface area contributed by atoms with Gasteiger partial charge in [0.15, 0.2) is 0 Å². The summed E-state index contributed by atoms with van der Waals surface area (Å²) in [7, 11) is 0. The highest BCUT2D eigenvalue weighted by atomic mass is 35.5. The molecule has 9 heteroatoms. The Morgan fingerprint density at radius 2 is 1.97 bits per heavy atom. The molecule has 1 aliphatic heterocycles. The van der Waals surface area contributed by atoms with Crippen molar-refractivity contribution in [2.24, 2.45) is 4.99 Å². The second kappa shape index (κ2) is 7.99. The summed E-state index contributed by atoms with van der Waals surface area (Å²) >= 11 is 7.91. The lowest BCUT2D eigenvalue weighted by atomic mass is 10.2. The fraction of sp³-hybridized carbons (Fsp3) is 0.100. The first-order valence-corrected chi connectivity index (χ1v) is 9.91. The Kier molecular flexibility index (Phi) is 5.25. The molecule has 1 aliphatic rings. The van der Waals surface area contributed by atoms with E-state index in [4.69, 9.17) is 22.3 Å². The lowest BCUT2D eigenvalue weighted by Gasteiger charge is -2.32. The zero-order valence-electron chi connectivity index (χ0n) is 15.4. The van der Waals surface area contributed by atoms with E-state index in [0.29, 0.717) is 10.8 Å². The predicted octanol–water partition coefficient (Wildman–Crippen LogP) is 4.64. The molecule has 0 saturated carbocycles. The number of nitrogens with one attached hydrogen (secondary N) is 1. The maximum absolute atomic E-state index is 9.40. The normalized spacial score (nSPS) is 13.8. The van der Waals surface area contributed by atoms with E-state index >= 15 is 0 Å². The van der Waals surface area contributed by atoms with Crippen LogP contribution in [0.25, 0.3) is 0 Å². The lowest BCUT2D eigenvalue weighted by molar-refractivity contribution is 0.993. The minimum atomic E-state index is -0.281. The van der Waals surface area contributed by atoms with Gasteiger partial charge in [-0.05, 0) is 43.1 Å². The fourth-order valence-electron chi connectivity index (χ4n) is 2.89. The van der Waals surface area contributed by atoms with Crippen molar-refractivity contribution in [2.75, 3.05) is 15.4 Å². The van der Waals surface area contributed by atoms with Gasteiger partial charge < -0.3 is 11.1 Å². The van der Waals surface area contributed by atoms with E-state index in [1.165, 1.54) is 18.3 Å². The molecule has 0 amide bonds. The fourth-order valence-corrected chi connectivity index (χ4v) is 4.23. The average molecular weight is 422 g/mol. The van der Waals surface area contributed by atoms with E-state index in [0.717, 1.165) is 22.1 Å². The summed E-state index contributed by atoms with van der Waals surface area (Å²) in [6.45, 7) is 1.95. The van der Waals surface area contributed by atoms with Crippen LogP contribution in [0.3, 0.4) is 0 Å². The summed E-state index contributed by atoms with van der Waals surface area (Å²) in [6.07, 6.45) is 1.33. The first kappa shape index (κ1) is 19.1. The zero-order chi connectivity index (χ0) is 20.4. The number of anilines is 3. The molecule has 1 atom stereocenters. The van der Waals surface area contributed by atoms with Crippen LogP contribution in [-0.4, -0.2) is 21.8 Å². The van der Waals surface area contributed by atoms with Crippen molar-refractivity contribution in [2.45, 2.75) is 17.9 Å². The number of fused-ring (bicyclic) bond motifs is 1. The molecular weight excluding hydrogens is 406 g/mol. The van der Waals surface area contributed by atoms with E-state index in [-0.39, 0.29) is 17.4 Å². The van der Waals surface area contributed by atoms with Crippen LogP contribution in [0.2, 0.25) is 5.02 Å². The number of para-hydroxylation sites is 1. The van der Waals surface area contributed by atoms with Crippen molar-refractivity contribution >= 4 is 52.4 Å². The van der Waals surface area contributed by atoms with Gasteiger partial charge >= 0.3 is 0 Å². The van der Waals surface area contributed by atoms with Crippen LogP contribution in [0.15, 0.2) is 64.7 Å². The summed E-state index contributed by atoms with van der Waals surface area (Å²) in [5, 5.41) is 13.3. The van der Waals surface area contributed by atoms with Gasteiger partial charge in [0.1, 0.15) is 35.4 Å². The molecule has 29 heavy (non-hydrogen) atoms. The van der Waals surface area contributed by atoms with Gasteiger partial charge in [-0.15, -0.1) is 0 Å². The number of rotatable bonds is 4. The summed E-state index contributed by atoms with van der Waals surface area (Å²) in [5.74, 6) is 1.25. The molecule has 3 aromatic rings. The van der Waals surface area contributed by atoms with Crippen LogP contribution in [-0.2, 0) is 0 Å². The molecule has 0 saturated heterocycles. The van der Waals surface area contributed by atoms with E-state index in [9.17, 15) is 5.26 Å². The van der Waals surface area contributed by atoms with Crippen molar-refractivity contribution in [3.05, 3.63) is 65.4 Å². The average Bonchev–Trinajstić information content (AvgIpc) is 2.74. The number of amidine groups is 1. The van der Waals surface area contributed by atoms with Gasteiger partial charge in [-0.3, -0.25) is 4.31 Å². The smallest absolute Gasteiger partial charge is 0.150 e. The second-order valence-electron chi connectivity index (χ2n) is 6.24. The van der Waals surface area contributed by atoms with Gasteiger partial charge in [-0.1, -0.05) is 35.9 Å². The molecule has 7 nitrogen and oxygen atoms in total. The number of nitrogens with two attached hydrogens (primary N) is 1. The van der Waals surface area contributed by atoms with Crippen LogP contribution in [0.4, 0.5) is 23.0 Å². The summed E-state index contributed by atoms with van der Waals surface area (Å²) in [5.41, 5.74) is 7.77. The molecule has 144 valence electrons. The van der Waals surface area contributed by atoms with Gasteiger partial charge in [-0.2, -0.15) is 5.26 Å². The molecule has 0 fully saturated rings. The van der Waals surface area contributed by atoms with Crippen LogP contribution >= 0.6 is 23.5 Å². The standard InChI is InChI=1S/C20H16ClN7S/c1-12(26-19-14(10-22)18(23)24-11-25-19)20-27-16-9-5-8-15(21)17(16)29-28(20)13-6-3-2-4-7-13/h2-9,11-12H,1H3,(H3,23,24,25,26). The monoisotopic (exact) mass is 421 g/mol. The number of aromatic nitrogens is 2. The quantitative estimate of drug-likeness (QED) is 0.591. The minimum absolute atomic E-state index is 0.134. The van der Waals surface area contributed by atoms with Gasteiger partial charge in [0.05, 0.1) is 27.3 Å². The SMILES string of the molecule is CC(Nc1ncnc(N)c1C#N)C1=Nc2cccc(Cl)c2SN1c1ccccc1. The van der Waals surface area contributed by atoms with Gasteiger partial charge in [0.2, 0.25) is 0 Å². The van der Waals surface area contributed by atoms with E-state index in [1.54, 1.807) is 0 Å². The maximum atomic E-state index is 9.40. The molecule has 0 spiro atoms. The summed E-state index contributed by atoms with van der Waals surface area (Å²) in [6, 6.07) is 17.3. The molecule has 0 bridgehead atoms. The molecule has 3 N–H and O–H groups in total. The molecule has 1 unspecified atom stereocenters. The third-order valence-corrected chi connectivity index (χ3v) is 5.91. The molecule has 1 aromatic heterocycles. The Bertz CT molecular complexity index is 1130. The van der Waals surface area contributed by atoms with Crippen LogP contribution in [0, 0.1) is 11.3 Å². The predicted molar refractivity (Wildman–Crippen MR) is 118 cm³/mol. The number of nitriles is 1. The Hall–Kier alpha value is -3.28. The van der Waals surface area contributed by atoms with Crippen molar-refractivity contribution < 1.29 is 0 Å². The molecule has 2 aromatic carbocycles. The van der Waals surface area contributed by atoms with Crippen molar-refractivity contribution in [1.29, 1.82) is 5.26 Å². The lowest BCUT2D eigenvalue weighted by Crippen LogP contribution is -2.39. The Morgan fingerprint density at radius 1 is 1.17 bits per heavy atom. The number of nitrogens with zero attached hydrogens (tertiary/aromatic N) is 5. The molecule has 0 radical (unpaired) electrons. The highest BCUT2D eigenvalue weighted by Crippen LogP contribution is 2.44. The summed E-state index contributed by atoms with van der Waals surface area (Å²) < 4.78 is 2.02. The zero-order valence-corrected chi connectivity index (χ0v) is 16.9. The minimum Gasteiger partial charge on any atom is -0.382 e. The van der Waals surface area contributed by atoms with Crippen LogP contribution in [0.5, 0.6) is 0 Å². The highest BCUT2D eigenvalue weighted by molar-refractivity contribution is 8.01. The highest BCUT2D eigenvalue weighted by Gasteiger charge is 2.28. The number of aliphatic imine (C=N–C) groups is 1.